The molecule has 0 N–H and O–H groups in total. The average molecular weight is 367 g/mol. The second kappa shape index (κ2) is 9.40. The van der Waals surface area contributed by atoms with Gasteiger partial charge < -0.3 is 4.74 Å². The van der Waals surface area contributed by atoms with Crippen LogP contribution in [0.15, 0.2) is 49.1 Å². The molecular formula is C22H30N4O. The van der Waals surface area contributed by atoms with Gasteiger partial charge in [0.1, 0.15) is 0 Å². The Morgan fingerprint density at radius 3 is 2.15 bits per heavy atom. The van der Waals surface area contributed by atoms with Crippen LogP contribution in [0.5, 0.6) is 0 Å². The van der Waals surface area contributed by atoms with E-state index in [0.29, 0.717) is 12.1 Å². The monoisotopic (exact) mass is 366 g/mol. The normalized spacial score (nSPS) is 20.2. The molecule has 0 saturated carbocycles. The van der Waals surface area contributed by atoms with Crippen LogP contribution in [0.1, 0.15) is 36.8 Å². The van der Waals surface area contributed by atoms with Crippen LogP contribution in [0, 0.1) is 0 Å². The van der Waals surface area contributed by atoms with Gasteiger partial charge in [0.2, 0.25) is 0 Å². The van der Waals surface area contributed by atoms with E-state index in [-0.39, 0.29) is 0 Å². The van der Waals surface area contributed by atoms with E-state index in [1.54, 1.807) is 0 Å². The van der Waals surface area contributed by atoms with E-state index < -0.39 is 0 Å². The fraction of sp³-hybridized carbons (Fsp3) is 0.545. The minimum absolute atomic E-state index is 0.633. The molecule has 2 aliphatic rings. The van der Waals surface area contributed by atoms with Crippen molar-refractivity contribution >= 4 is 0 Å². The van der Waals surface area contributed by atoms with Crippen LogP contribution in [-0.4, -0.2) is 58.2 Å². The number of piperidine rings is 1. The predicted octanol–water partition coefficient (Wildman–Crippen LogP) is 3.12. The number of pyridine rings is 2. The highest BCUT2D eigenvalue weighted by molar-refractivity contribution is 5.10. The highest BCUT2D eigenvalue weighted by Gasteiger charge is 2.30. The Morgan fingerprint density at radius 1 is 0.889 bits per heavy atom. The second-order valence-electron chi connectivity index (χ2n) is 7.75. The van der Waals surface area contributed by atoms with Crippen LogP contribution >= 0.6 is 0 Å². The van der Waals surface area contributed by atoms with Crippen molar-refractivity contribution in [2.24, 2.45) is 0 Å². The van der Waals surface area contributed by atoms with Crippen LogP contribution in [0.4, 0.5) is 0 Å². The van der Waals surface area contributed by atoms with Crippen molar-refractivity contribution < 1.29 is 4.74 Å². The summed E-state index contributed by atoms with van der Waals surface area (Å²) in [7, 11) is 0. The van der Waals surface area contributed by atoms with Crippen LogP contribution in [0.3, 0.4) is 0 Å². The van der Waals surface area contributed by atoms with E-state index in [0.717, 1.165) is 52.2 Å². The van der Waals surface area contributed by atoms with Gasteiger partial charge in [-0.2, -0.15) is 0 Å². The Bertz CT molecular complexity index is 667. The summed E-state index contributed by atoms with van der Waals surface area (Å²) >= 11 is 0. The molecular weight excluding hydrogens is 336 g/mol. The van der Waals surface area contributed by atoms with Crippen LogP contribution < -0.4 is 0 Å². The molecule has 5 nitrogen and oxygen atoms in total. The van der Waals surface area contributed by atoms with E-state index in [1.165, 1.54) is 24.0 Å². The van der Waals surface area contributed by atoms with Gasteiger partial charge in [-0.1, -0.05) is 12.1 Å². The zero-order chi connectivity index (χ0) is 18.3. The quantitative estimate of drug-likeness (QED) is 0.786. The summed E-state index contributed by atoms with van der Waals surface area (Å²) in [5, 5.41) is 0. The summed E-state index contributed by atoms with van der Waals surface area (Å²) < 4.78 is 5.62. The van der Waals surface area contributed by atoms with Gasteiger partial charge in [-0.05, 0) is 62.0 Å². The fourth-order valence-electron chi connectivity index (χ4n) is 4.43. The van der Waals surface area contributed by atoms with E-state index in [1.807, 2.05) is 36.9 Å². The summed E-state index contributed by atoms with van der Waals surface area (Å²) in [6.45, 7) is 6.13. The second-order valence-corrected chi connectivity index (χ2v) is 7.75. The zero-order valence-electron chi connectivity index (χ0n) is 16.0. The van der Waals surface area contributed by atoms with E-state index in [9.17, 15) is 0 Å². The summed E-state index contributed by atoms with van der Waals surface area (Å²) in [6, 6.07) is 9.75. The topological polar surface area (TPSA) is 41.5 Å². The third-order valence-electron chi connectivity index (χ3n) is 5.90. The maximum atomic E-state index is 5.62. The van der Waals surface area contributed by atoms with Crippen molar-refractivity contribution in [3.05, 3.63) is 60.2 Å². The van der Waals surface area contributed by atoms with E-state index >= 15 is 0 Å². The molecule has 4 heterocycles. The van der Waals surface area contributed by atoms with E-state index in [2.05, 4.69) is 31.9 Å². The van der Waals surface area contributed by atoms with Crippen molar-refractivity contribution in [2.45, 2.75) is 50.9 Å². The lowest BCUT2D eigenvalue weighted by atomic mass is 9.97. The Balaban J connectivity index is 1.38. The molecule has 2 aliphatic heterocycles. The van der Waals surface area contributed by atoms with Gasteiger partial charge in [0.25, 0.3) is 0 Å². The summed E-state index contributed by atoms with van der Waals surface area (Å²) in [5.41, 5.74) is 2.63. The number of hydrogen-bond acceptors (Lipinski definition) is 5. The summed E-state index contributed by atoms with van der Waals surface area (Å²) in [4.78, 5) is 13.9. The lowest BCUT2D eigenvalue weighted by Crippen LogP contribution is -2.50. The fourth-order valence-corrected chi connectivity index (χ4v) is 4.43. The lowest BCUT2D eigenvalue weighted by Gasteiger charge is -2.43. The van der Waals surface area contributed by atoms with Gasteiger partial charge in [-0.25, -0.2) is 0 Å². The van der Waals surface area contributed by atoms with Crippen LogP contribution in [0.25, 0.3) is 0 Å². The first-order valence-corrected chi connectivity index (χ1v) is 10.2. The lowest BCUT2D eigenvalue weighted by molar-refractivity contribution is -0.00313. The maximum absolute atomic E-state index is 5.62. The number of nitrogens with zero attached hydrogens (tertiary/aromatic N) is 4. The van der Waals surface area contributed by atoms with Gasteiger partial charge in [-0.3, -0.25) is 19.8 Å². The van der Waals surface area contributed by atoms with Crippen molar-refractivity contribution in [1.82, 2.24) is 19.8 Å². The van der Waals surface area contributed by atoms with Crippen molar-refractivity contribution in [3.63, 3.8) is 0 Å². The third-order valence-corrected chi connectivity index (χ3v) is 5.90. The number of aromatic nitrogens is 2. The largest absolute Gasteiger partial charge is 0.381 e. The standard InChI is InChI=1S/C22H30N4O/c1-3-19(15-23-9-1)17-25-11-5-21(6-12-25)26(22-7-13-27-14-8-22)18-20-4-2-10-24-16-20/h1-4,9-10,15-16,21-22H,5-8,11-14,17-18H2. The van der Waals surface area contributed by atoms with E-state index in [4.69, 9.17) is 4.74 Å². The summed E-state index contributed by atoms with van der Waals surface area (Å²) in [5.74, 6) is 0. The highest BCUT2D eigenvalue weighted by atomic mass is 16.5. The van der Waals surface area contributed by atoms with Crippen molar-refractivity contribution in [2.75, 3.05) is 26.3 Å². The molecule has 2 saturated heterocycles. The molecule has 4 rings (SSSR count). The number of ether oxygens (including phenoxy) is 1. The Morgan fingerprint density at radius 2 is 1.52 bits per heavy atom. The van der Waals surface area contributed by atoms with Gasteiger partial charge in [0.15, 0.2) is 0 Å². The Labute approximate surface area is 162 Å². The molecule has 2 aromatic rings. The minimum Gasteiger partial charge on any atom is -0.381 e. The Kier molecular flexibility index (Phi) is 6.45. The SMILES string of the molecule is c1cncc(CN2CCC(N(Cc3cccnc3)C3CCOCC3)CC2)c1. The molecule has 27 heavy (non-hydrogen) atoms. The minimum atomic E-state index is 0.633. The number of rotatable bonds is 6. The third kappa shape index (κ3) is 5.12. The van der Waals surface area contributed by atoms with Crippen LogP contribution in [-0.2, 0) is 17.8 Å². The van der Waals surface area contributed by atoms with Gasteiger partial charge in [0.05, 0.1) is 0 Å². The molecule has 0 atom stereocenters. The molecule has 2 fully saturated rings. The molecule has 0 aliphatic carbocycles. The molecule has 0 aromatic carbocycles. The Hall–Kier alpha value is -1.82. The molecule has 0 amide bonds. The zero-order valence-corrected chi connectivity index (χ0v) is 16.0. The smallest absolute Gasteiger partial charge is 0.0480 e. The predicted molar refractivity (Wildman–Crippen MR) is 106 cm³/mol. The van der Waals surface area contributed by atoms with Crippen molar-refractivity contribution in [1.29, 1.82) is 0 Å². The van der Waals surface area contributed by atoms with Crippen molar-refractivity contribution in [3.8, 4) is 0 Å². The first kappa shape index (κ1) is 18.5. The van der Waals surface area contributed by atoms with Gasteiger partial charge >= 0.3 is 0 Å². The molecule has 0 unspecified atom stereocenters. The van der Waals surface area contributed by atoms with Crippen LogP contribution in [0.2, 0.25) is 0 Å². The average Bonchev–Trinajstić information content (AvgIpc) is 2.75. The molecule has 2 aromatic heterocycles. The summed E-state index contributed by atoms with van der Waals surface area (Å²) in [6.07, 6.45) is 12.5. The molecule has 0 radical (unpaired) electrons. The first-order chi connectivity index (χ1) is 13.4. The van der Waals surface area contributed by atoms with Gasteiger partial charge in [0, 0.05) is 63.2 Å². The molecule has 0 bridgehead atoms. The number of hydrogen-bond donors (Lipinski definition) is 0. The number of likely N-dealkylation sites (tertiary alicyclic amines) is 1. The van der Waals surface area contributed by atoms with Gasteiger partial charge in [-0.15, -0.1) is 0 Å². The first-order valence-electron chi connectivity index (χ1n) is 10.2. The molecule has 144 valence electrons. The molecule has 5 heteroatoms. The maximum Gasteiger partial charge on any atom is 0.0480 e. The molecule has 0 spiro atoms. The highest BCUT2D eigenvalue weighted by Crippen LogP contribution is 2.26.